The van der Waals surface area contributed by atoms with Crippen molar-refractivity contribution in [2.75, 3.05) is 19.6 Å². The Morgan fingerprint density at radius 3 is 2.50 bits per heavy atom. The first-order chi connectivity index (χ1) is 9.60. The Morgan fingerprint density at radius 1 is 1.15 bits per heavy atom. The summed E-state index contributed by atoms with van der Waals surface area (Å²) in [4.78, 5) is 15.9. The van der Waals surface area contributed by atoms with Gasteiger partial charge in [0.1, 0.15) is 0 Å². The fraction of sp³-hybridized carbons (Fsp3) is 0.867. The van der Waals surface area contributed by atoms with Crippen molar-refractivity contribution in [2.45, 2.75) is 65.9 Å². The fourth-order valence-corrected chi connectivity index (χ4v) is 1.68. The van der Waals surface area contributed by atoms with Crippen molar-refractivity contribution in [1.82, 2.24) is 10.6 Å². The van der Waals surface area contributed by atoms with Crippen LogP contribution in [0.5, 0.6) is 0 Å². The molecule has 0 saturated heterocycles. The molecule has 5 nitrogen and oxygen atoms in total. The number of esters is 1. The van der Waals surface area contributed by atoms with Crippen LogP contribution in [0.3, 0.4) is 0 Å². The van der Waals surface area contributed by atoms with Gasteiger partial charge in [-0.05, 0) is 27.2 Å². The molecule has 0 aromatic rings. The zero-order valence-corrected chi connectivity index (χ0v) is 13.5. The molecule has 2 N–H and O–H groups in total. The molecule has 0 saturated carbocycles. The number of carbonyl (C=O) groups is 1. The van der Waals surface area contributed by atoms with E-state index in [0.717, 1.165) is 25.5 Å². The molecule has 0 amide bonds. The van der Waals surface area contributed by atoms with Crippen LogP contribution in [-0.4, -0.2) is 37.7 Å². The second-order valence-electron chi connectivity index (χ2n) is 5.04. The summed E-state index contributed by atoms with van der Waals surface area (Å²) in [6.07, 6.45) is 5.14. The normalized spacial score (nSPS) is 11.6. The van der Waals surface area contributed by atoms with Gasteiger partial charge in [0.15, 0.2) is 5.96 Å². The van der Waals surface area contributed by atoms with Crippen molar-refractivity contribution in [1.29, 1.82) is 0 Å². The molecule has 0 aliphatic carbocycles. The monoisotopic (exact) mass is 285 g/mol. The lowest BCUT2D eigenvalue weighted by Gasteiger charge is -2.12. The number of hydrogen-bond acceptors (Lipinski definition) is 3. The van der Waals surface area contributed by atoms with E-state index in [2.05, 4.69) is 22.5 Å². The molecule has 0 aliphatic heterocycles. The van der Waals surface area contributed by atoms with Crippen LogP contribution in [0, 0.1) is 0 Å². The lowest BCUT2D eigenvalue weighted by molar-refractivity contribution is -0.147. The number of aliphatic imine (C=N–C) groups is 1. The Bertz CT molecular complexity index is 278. The van der Waals surface area contributed by atoms with Crippen LogP contribution in [0.4, 0.5) is 0 Å². The molecule has 5 heteroatoms. The van der Waals surface area contributed by atoms with Crippen LogP contribution in [-0.2, 0) is 9.53 Å². The number of carbonyl (C=O) groups excluding carboxylic acids is 1. The van der Waals surface area contributed by atoms with Crippen molar-refractivity contribution in [3.8, 4) is 0 Å². The van der Waals surface area contributed by atoms with Crippen molar-refractivity contribution in [3.05, 3.63) is 0 Å². The summed E-state index contributed by atoms with van der Waals surface area (Å²) in [5.41, 5.74) is 0. The zero-order chi connectivity index (χ0) is 15.2. The number of nitrogens with one attached hydrogen (secondary N) is 2. The number of guanidine groups is 1. The predicted octanol–water partition coefficient (Wildman–Crippen LogP) is 2.46. The maximum absolute atomic E-state index is 11.4. The van der Waals surface area contributed by atoms with Crippen LogP contribution in [0.1, 0.15) is 59.8 Å². The van der Waals surface area contributed by atoms with E-state index < -0.39 is 0 Å². The highest BCUT2D eigenvalue weighted by atomic mass is 16.5. The van der Waals surface area contributed by atoms with Gasteiger partial charge in [0.25, 0.3) is 0 Å². The third-order valence-corrected chi connectivity index (χ3v) is 2.61. The molecule has 0 heterocycles. The predicted molar refractivity (Wildman–Crippen MR) is 84.0 cm³/mol. The van der Waals surface area contributed by atoms with Gasteiger partial charge < -0.3 is 15.4 Å². The van der Waals surface area contributed by atoms with E-state index in [9.17, 15) is 4.79 Å². The second kappa shape index (κ2) is 12.8. The van der Waals surface area contributed by atoms with Gasteiger partial charge in [-0.15, -0.1) is 0 Å². The molecule has 0 aromatic heterocycles. The van der Waals surface area contributed by atoms with E-state index in [4.69, 9.17) is 4.74 Å². The molecule has 118 valence electrons. The molecule has 20 heavy (non-hydrogen) atoms. The third-order valence-electron chi connectivity index (χ3n) is 2.61. The molecule has 0 fully saturated rings. The highest BCUT2D eigenvalue weighted by Gasteiger charge is 2.05. The average Bonchev–Trinajstić information content (AvgIpc) is 2.37. The minimum atomic E-state index is -0.175. The van der Waals surface area contributed by atoms with E-state index in [-0.39, 0.29) is 12.1 Å². The van der Waals surface area contributed by atoms with E-state index in [0.29, 0.717) is 13.0 Å². The van der Waals surface area contributed by atoms with Crippen molar-refractivity contribution < 1.29 is 9.53 Å². The average molecular weight is 285 g/mol. The largest absolute Gasteiger partial charge is 0.463 e. The topological polar surface area (TPSA) is 62.7 Å². The number of nitrogens with zero attached hydrogens (tertiary/aromatic N) is 1. The van der Waals surface area contributed by atoms with Gasteiger partial charge in [-0.25, -0.2) is 0 Å². The van der Waals surface area contributed by atoms with Gasteiger partial charge in [0.05, 0.1) is 12.5 Å². The molecule has 0 aliphatic rings. The minimum absolute atomic E-state index is 0.0528. The van der Waals surface area contributed by atoms with Crippen LogP contribution in [0.25, 0.3) is 0 Å². The molecule has 0 aromatic carbocycles. The van der Waals surface area contributed by atoms with Gasteiger partial charge in [0, 0.05) is 19.6 Å². The molecule has 0 radical (unpaired) electrons. The Hall–Kier alpha value is -1.26. The summed E-state index contributed by atoms with van der Waals surface area (Å²) in [5, 5.41) is 6.33. The Balaban J connectivity index is 3.89. The van der Waals surface area contributed by atoms with Crippen molar-refractivity contribution in [2.24, 2.45) is 4.99 Å². The first kappa shape index (κ1) is 18.7. The van der Waals surface area contributed by atoms with E-state index in [1.165, 1.54) is 19.3 Å². The number of ether oxygens (including phenoxy) is 1. The first-order valence-electron chi connectivity index (χ1n) is 7.81. The molecule has 0 rings (SSSR count). The van der Waals surface area contributed by atoms with Crippen LogP contribution < -0.4 is 10.6 Å². The van der Waals surface area contributed by atoms with Crippen LogP contribution >= 0.6 is 0 Å². The maximum atomic E-state index is 11.4. The summed E-state index contributed by atoms with van der Waals surface area (Å²) < 4.78 is 5.08. The molecule has 0 atom stereocenters. The lowest BCUT2D eigenvalue weighted by Crippen LogP contribution is -2.38. The summed E-state index contributed by atoms with van der Waals surface area (Å²) in [6, 6.07) is 0. The first-order valence-corrected chi connectivity index (χ1v) is 7.81. The molecule has 0 bridgehead atoms. The van der Waals surface area contributed by atoms with Crippen molar-refractivity contribution in [3.63, 3.8) is 0 Å². The minimum Gasteiger partial charge on any atom is -0.463 e. The molecule has 0 spiro atoms. The molecule has 0 unspecified atom stereocenters. The lowest BCUT2D eigenvalue weighted by atomic mass is 10.2. The van der Waals surface area contributed by atoms with Gasteiger partial charge in [0.2, 0.25) is 0 Å². The van der Waals surface area contributed by atoms with Gasteiger partial charge in [-0.1, -0.05) is 26.2 Å². The maximum Gasteiger partial charge on any atom is 0.307 e. The summed E-state index contributed by atoms with van der Waals surface area (Å²) >= 11 is 0. The van der Waals surface area contributed by atoms with E-state index in [1.54, 1.807) is 0 Å². The SMILES string of the molecule is CCCCCCN=C(NCC)NCCC(=O)OC(C)C. The highest BCUT2D eigenvalue weighted by Crippen LogP contribution is 1.98. The number of unbranched alkanes of at least 4 members (excludes halogenated alkanes) is 3. The van der Waals surface area contributed by atoms with Crippen LogP contribution in [0.2, 0.25) is 0 Å². The Morgan fingerprint density at radius 2 is 1.90 bits per heavy atom. The number of hydrogen-bond donors (Lipinski definition) is 2. The number of rotatable bonds is 10. The summed E-state index contributed by atoms with van der Waals surface area (Å²) in [5.74, 6) is 0.604. The fourth-order valence-electron chi connectivity index (χ4n) is 1.68. The summed E-state index contributed by atoms with van der Waals surface area (Å²) in [6.45, 7) is 10.1. The van der Waals surface area contributed by atoms with Crippen molar-refractivity contribution >= 4 is 11.9 Å². The van der Waals surface area contributed by atoms with Gasteiger partial charge in [-0.2, -0.15) is 0 Å². The standard InChI is InChI=1S/C15H31N3O2/c1-5-7-8-9-11-17-15(16-6-2)18-12-10-14(19)20-13(3)4/h13H,5-12H2,1-4H3,(H2,16,17,18). The zero-order valence-electron chi connectivity index (χ0n) is 13.5. The molecular weight excluding hydrogens is 254 g/mol. The summed E-state index contributed by atoms with van der Waals surface area (Å²) in [7, 11) is 0. The third kappa shape index (κ3) is 11.8. The Kier molecular flexibility index (Phi) is 12.0. The van der Waals surface area contributed by atoms with Crippen LogP contribution in [0.15, 0.2) is 4.99 Å². The van der Waals surface area contributed by atoms with E-state index >= 15 is 0 Å². The van der Waals surface area contributed by atoms with Gasteiger partial charge >= 0.3 is 5.97 Å². The molecular formula is C15H31N3O2. The highest BCUT2D eigenvalue weighted by molar-refractivity contribution is 5.80. The second-order valence-corrected chi connectivity index (χ2v) is 5.04. The smallest absolute Gasteiger partial charge is 0.307 e. The van der Waals surface area contributed by atoms with Gasteiger partial charge in [-0.3, -0.25) is 9.79 Å². The van der Waals surface area contributed by atoms with E-state index in [1.807, 2.05) is 20.8 Å². The Labute approximate surface area is 123 Å². The quantitative estimate of drug-likeness (QED) is 0.280.